The fraction of sp³-hybridized carbons (Fsp3) is 0.250. The molecule has 0 spiro atoms. The molecule has 1 aromatic carbocycles. The van der Waals surface area contributed by atoms with Crippen LogP contribution in [0.3, 0.4) is 0 Å². The Balaban J connectivity index is 2.44. The van der Waals surface area contributed by atoms with Gasteiger partial charge in [-0.15, -0.1) is 0 Å². The van der Waals surface area contributed by atoms with Crippen LogP contribution in [0, 0.1) is 0 Å². The Hall–Kier alpha value is -2.06. The van der Waals surface area contributed by atoms with Gasteiger partial charge in [0.25, 0.3) is 0 Å². The molecule has 2 rings (SSSR count). The minimum absolute atomic E-state index is 0.124. The maximum Gasteiger partial charge on any atom is 0.245 e. The summed E-state index contributed by atoms with van der Waals surface area (Å²) in [5.74, 6) is -0.375. The topological polar surface area (TPSA) is 108 Å². The first-order valence-corrected chi connectivity index (χ1v) is 7.34. The normalized spacial score (nSPS) is 11.9. The molecule has 7 nitrogen and oxygen atoms in total. The van der Waals surface area contributed by atoms with Gasteiger partial charge in [0.15, 0.2) is 0 Å². The second-order valence-corrected chi connectivity index (χ2v) is 6.41. The van der Waals surface area contributed by atoms with E-state index in [1.165, 1.54) is 20.3 Å². The molecule has 1 heterocycles. The van der Waals surface area contributed by atoms with Crippen LogP contribution in [0.25, 0.3) is 10.9 Å². The van der Waals surface area contributed by atoms with Crippen LogP contribution in [-0.2, 0) is 14.8 Å². The number of sulfonamides is 1. The molecule has 0 fully saturated rings. The summed E-state index contributed by atoms with van der Waals surface area (Å²) in [6.45, 7) is -0.236. The molecule has 0 aliphatic carbocycles. The van der Waals surface area contributed by atoms with Gasteiger partial charge in [0, 0.05) is 36.9 Å². The molecular formula is C12H16N4O3S. The molecule has 20 heavy (non-hydrogen) atoms. The summed E-state index contributed by atoms with van der Waals surface area (Å²) in [6.07, 6.45) is 1.40. The van der Waals surface area contributed by atoms with Crippen LogP contribution in [0.2, 0.25) is 0 Å². The number of benzene rings is 1. The third-order valence-corrected chi connectivity index (χ3v) is 4.84. The Labute approximate surface area is 116 Å². The highest BCUT2D eigenvalue weighted by Crippen LogP contribution is 2.26. The number of H-pyrrole nitrogens is 1. The number of nitrogens with two attached hydrogens (primary N) is 1. The third-order valence-electron chi connectivity index (χ3n) is 3.00. The van der Waals surface area contributed by atoms with Crippen LogP contribution >= 0.6 is 0 Å². The van der Waals surface area contributed by atoms with E-state index in [0.717, 1.165) is 4.31 Å². The number of likely N-dealkylation sites (N-methyl/N-ethyl adjacent to an activating group) is 2. The van der Waals surface area contributed by atoms with Gasteiger partial charge in [0.1, 0.15) is 4.90 Å². The van der Waals surface area contributed by atoms with E-state index in [1.54, 1.807) is 18.2 Å². The summed E-state index contributed by atoms with van der Waals surface area (Å²) < 4.78 is 25.9. The molecule has 2 aromatic rings. The highest BCUT2D eigenvalue weighted by molar-refractivity contribution is 7.89. The van der Waals surface area contributed by atoms with E-state index in [-0.39, 0.29) is 17.3 Å². The number of nitrogen functional groups attached to an aromatic ring is 1. The highest BCUT2D eigenvalue weighted by atomic mass is 32.2. The first-order chi connectivity index (χ1) is 9.36. The van der Waals surface area contributed by atoms with Crippen molar-refractivity contribution in [3.8, 4) is 0 Å². The second kappa shape index (κ2) is 5.14. The number of nitrogens with zero attached hydrogens (tertiary/aromatic N) is 1. The molecule has 0 aliphatic heterocycles. The van der Waals surface area contributed by atoms with Crippen LogP contribution in [0.4, 0.5) is 5.69 Å². The van der Waals surface area contributed by atoms with Gasteiger partial charge < -0.3 is 16.0 Å². The summed E-state index contributed by atoms with van der Waals surface area (Å²) in [6, 6.07) is 4.93. The number of rotatable bonds is 4. The Morgan fingerprint density at radius 2 is 2.15 bits per heavy atom. The lowest BCUT2D eigenvalue weighted by molar-refractivity contribution is -0.120. The van der Waals surface area contributed by atoms with E-state index < -0.39 is 10.0 Å². The van der Waals surface area contributed by atoms with Gasteiger partial charge in [-0.2, -0.15) is 4.31 Å². The number of anilines is 1. The average Bonchev–Trinajstić information content (AvgIpc) is 2.81. The number of carbonyl (C=O) groups is 1. The summed E-state index contributed by atoms with van der Waals surface area (Å²) in [5, 5.41) is 2.93. The largest absolute Gasteiger partial charge is 0.399 e. The Kier molecular flexibility index (Phi) is 3.69. The van der Waals surface area contributed by atoms with Crippen molar-refractivity contribution in [2.45, 2.75) is 4.90 Å². The van der Waals surface area contributed by atoms with Crippen LogP contribution in [0.1, 0.15) is 0 Å². The summed E-state index contributed by atoms with van der Waals surface area (Å²) in [7, 11) is -0.922. The van der Waals surface area contributed by atoms with E-state index in [0.29, 0.717) is 16.6 Å². The van der Waals surface area contributed by atoms with Gasteiger partial charge in [-0.3, -0.25) is 4.79 Å². The fourth-order valence-electron chi connectivity index (χ4n) is 1.86. The number of carbonyl (C=O) groups excluding carboxylic acids is 1. The number of fused-ring (bicyclic) bond motifs is 1. The van der Waals surface area contributed by atoms with Gasteiger partial charge in [0.2, 0.25) is 15.9 Å². The molecular weight excluding hydrogens is 280 g/mol. The van der Waals surface area contributed by atoms with E-state index in [1.807, 2.05) is 0 Å². The molecule has 4 N–H and O–H groups in total. The number of amides is 1. The molecule has 0 atom stereocenters. The van der Waals surface area contributed by atoms with Gasteiger partial charge >= 0.3 is 0 Å². The molecule has 0 saturated carbocycles. The van der Waals surface area contributed by atoms with Crippen molar-refractivity contribution in [1.82, 2.24) is 14.6 Å². The average molecular weight is 296 g/mol. The minimum Gasteiger partial charge on any atom is -0.399 e. The summed E-state index contributed by atoms with van der Waals surface area (Å²) >= 11 is 0. The highest BCUT2D eigenvalue weighted by Gasteiger charge is 2.25. The molecule has 0 bridgehead atoms. The van der Waals surface area contributed by atoms with Gasteiger partial charge in [0.05, 0.1) is 6.54 Å². The standard InChI is InChI=1S/C12H16N4O3S/c1-14-12(17)7-16(2)20(18,19)11-6-15-10-5-8(13)3-4-9(10)11/h3-6,15H,7,13H2,1-2H3,(H,14,17). The molecule has 1 amide bonds. The summed E-state index contributed by atoms with van der Waals surface area (Å²) in [4.78, 5) is 14.3. The van der Waals surface area contributed by atoms with Crippen molar-refractivity contribution in [2.75, 3.05) is 26.4 Å². The lowest BCUT2D eigenvalue weighted by Gasteiger charge is -2.15. The quantitative estimate of drug-likeness (QED) is 0.696. The Morgan fingerprint density at radius 1 is 1.45 bits per heavy atom. The first-order valence-electron chi connectivity index (χ1n) is 5.90. The molecule has 0 unspecified atom stereocenters. The van der Waals surface area contributed by atoms with E-state index in [2.05, 4.69) is 10.3 Å². The second-order valence-electron chi connectivity index (χ2n) is 4.39. The molecule has 8 heteroatoms. The smallest absolute Gasteiger partial charge is 0.245 e. The number of nitrogens with one attached hydrogen (secondary N) is 2. The van der Waals surface area contributed by atoms with Crippen LogP contribution < -0.4 is 11.1 Å². The number of aromatic nitrogens is 1. The van der Waals surface area contributed by atoms with E-state index in [4.69, 9.17) is 5.73 Å². The lowest BCUT2D eigenvalue weighted by Crippen LogP contribution is -2.36. The fourth-order valence-corrected chi connectivity index (χ4v) is 3.15. The van der Waals surface area contributed by atoms with Gasteiger partial charge in [-0.05, 0) is 18.2 Å². The minimum atomic E-state index is -3.74. The van der Waals surface area contributed by atoms with E-state index >= 15 is 0 Å². The SMILES string of the molecule is CNC(=O)CN(C)S(=O)(=O)c1c[nH]c2cc(N)ccc12. The van der Waals surface area contributed by atoms with Crippen LogP contribution in [0.15, 0.2) is 29.3 Å². The molecule has 0 aliphatic rings. The van der Waals surface area contributed by atoms with Crippen molar-refractivity contribution in [3.63, 3.8) is 0 Å². The van der Waals surface area contributed by atoms with Crippen molar-refractivity contribution < 1.29 is 13.2 Å². The summed E-state index contributed by atoms with van der Waals surface area (Å²) in [5.41, 5.74) is 6.83. The van der Waals surface area contributed by atoms with Crippen molar-refractivity contribution in [1.29, 1.82) is 0 Å². The third kappa shape index (κ3) is 2.47. The monoisotopic (exact) mass is 296 g/mol. The number of hydrogen-bond donors (Lipinski definition) is 3. The molecule has 108 valence electrons. The Morgan fingerprint density at radius 3 is 2.80 bits per heavy atom. The van der Waals surface area contributed by atoms with Gasteiger partial charge in [-0.1, -0.05) is 0 Å². The maximum absolute atomic E-state index is 12.4. The predicted octanol–water partition coefficient (Wildman–Crippen LogP) is 0.117. The molecule has 0 saturated heterocycles. The van der Waals surface area contributed by atoms with Crippen molar-refractivity contribution in [3.05, 3.63) is 24.4 Å². The van der Waals surface area contributed by atoms with E-state index in [9.17, 15) is 13.2 Å². The van der Waals surface area contributed by atoms with Crippen LogP contribution in [-0.4, -0.2) is 44.3 Å². The van der Waals surface area contributed by atoms with Crippen molar-refractivity contribution in [2.24, 2.45) is 0 Å². The molecule has 0 radical (unpaired) electrons. The first kappa shape index (κ1) is 14.4. The Bertz CT molecular complexity index is 751. The zero-order chi connectivity index (χ0) is 14.9. The maximum atomic E-state index is 12.4. The zero-order valence-electron chi connectivity index (χ0n) is 11.2. The number of aromatic amines is 1. The van der Waals surface area contributed by atoms with Gasteiger partial charge in [-0.25, -0.2) is 8.42 Å². The lowest BCUT2D eigenvalue weighted by atomic mass is 10.2. The number of hydrogen-bond acceptors (Lipinski definition) is 4. The predicted molar refractivity (Wildman–Crippen MR) is 76.6 cm³/mol. The zero-order valence-corrected chi connectivity index (χ0v) is 12.0. The van der Waals surface area contributed by atoms with Crippen molar-refractivity contribution >= 4 is 32.5 Å². The van der Waals surface area contributed by atoms with Crippen LogP contribution in [0.5, 0.6) is 0 Å². The molecule has 1 aromatic heterocycles.